The summed E-state index contributed by atoms with van der Waals surface area (Å²) in [6.07, 6.45) is 0. The quantitative estimate of drug-likeness (QED) is 0.642. The molecule has 0 saturated heterocycles. The van der Waals surface area contributed by atoms with Gasteiger partial charge in [-0.25, -0.2) is 0 Å². The van der Waals surface area contributed by atoms with Crippen LogP contribution in [0.4, 0.5) is 20.2 Å². The SMILES string of the molecule is Nc1cc(Cl)ccc1C(=O)Nc1ccc(SC(F)F)cc1. The zero-order chi connectivity index (χ0) is 15.4. The average molecular weight is 329 g/mol. The van der Waals surface area contributed by atoms with E-state index in [9.17, 15) is 13.6 Å². The normalized spacial score (nSPS) is 10.7. The molecule has 2 aromatic rings. The third-order valence-corrected chi connectivity index (χ3v) is 3.55. The highest BCUT2D eigenvalue weighted by Gasteiger charge is 2.11. The second-order valence-electron chi connectivity index (χ2n) is 4.09. The van der Waals surface area contributed by atoms with Gasteiger partial charge in [0.05, 0.1) is 5.56 Å². The zero-order valence-corrected chi connectivity index (χ0v) is 12.2. The van der Waals surface area contributed by atoms with Crippen LogP contribution in [0.1, 0.15) is 10.4 Å². The van der Waals surface area contributed by atoms with Crippen LogP contribution in [0.2, 0.25) is 5.02 Å². The molecule has 2 rings (SSSR count). The van der Waals surface area contributed by atoms with Crippen LogP contribution >= 0.6 is 23.4 Å². The molecule has 0 saturated carbocycles. The average Bonchev–Trinajstić information content (AvgIpc) is 2.40. The Labute approximate surface area is 129 Å². The minimum Gasteiger partial charge on any atom is -0.398 e. The summed E-state index contributed by atoms with van der Waals surface area (Å²) >= 11 is 6.21. The van der Waals surface area contributed by atoms with Gasteiger partial charge in [-0.2, -0.15) is 8.78 Å². The molecule has 110 valence electrons. The summed E-state index contributed by atoms with van der Waals surface area (Å²) < 4.78 is 24.4. The largest absolute Gasteiger partial charge is 0.398 e. The number of carbonyl (C=O) groups is 1. The molecule has 1 amide bonds. The van der Waals surface area contributed by atoms with Crippen LogP contribution in [0, 0.1) is 0 Å². The fraction of sp³-hybridized carbons (Fsp3) is 0.0714. The van der Waals surface area contributed by atoms with Crippen molar-refractivity contribution in [2.75, 3.05) is 11.1 Å². The van der Waals surface area contributed by atoms with Gasteiger partial charge in [-0.1, -0.05) is 23.4 Å². The molecule has 7 heteroatoms. The smallest absolute Gasteiger partial charge is 0.288 e. The topological polar surface area (TPSA) is 55.1 Å². The number of hydrogen-bond donors (Lipinski definition) is 2. The zero-order valence-electron chi connectivity index (χ0n) is 10.6. The first-order chi connectivity index (χ1) is 9.95. The first-order valence-corrected chi connectivity index (χ1v) is 7.13. The van der Waals surface area contributed by atoms with Crippen LogP contribution in [0.5, 0.6) is 0 Å². The molecule has 0 heterocycles. The van der Waals surface area contributed by atoms with Crippen LogP contribution in [0.25, 0.3) is 0 Å². The van der Waals surface area contributed by atoms with E-state index >= 15 is 0 Å². The van der Waals surface area contributed by atoms with Gasteiger partial charge in [0, 0.05) is 21.3 Å². The molecule has 0 spiro atoms. The molecule has 0 fully saturated rings. The molecule has 0 radical (unpaired) electrons. The van der Waals surface area contributed by atoms with Crippen molar-refractivity contribution >= 4 is 40.6 Å². The van der Waals surface area contributed by atoms with Crippen molar-refractivity contribution in [1.29, 1.82) is 0 Å². The number of amides is 1. The molecule has 3 N–H and O–H groups in total. The van der Waals surface area contributed by atoms with Crippen LogP contribution in [0.15, 0.2) is 47.4 Å². The summed E-state index contributed by atoms with van der Waals surface area (Å²) in [6.45, 7) is 0. The van der Waals surface area contributed by atoms with E-state index in [1.165, 1.54) is 24.3 Å². The summed E-state index contributed by atoms with van der Waals surface area (Å²) in [5.74, 6) is -2.86. The monoisotopic (exact) mass is 328 g/mol. The molecule has 0 aliphatic heterocycles. The Kier molecular flexibility index (Phi) is 5.03. The van der Waals surface area contributed by atoms with E-state index in [0.29, 0.717) is 32.9 Å². The molecular formula is C14H11ClF2N2OS. The third-order valence-electron chi connectivity index (χ3n) is 2.60. The Balaban J connectivity index is 2.08. The first kappa shape index (κ1) is 15.6. The lowest BCUT2D eigenvalue weighted by Crippen LogP contribution is -2.13. The van der Waals surface area contributed by atoms with Crippen LogP contribution in [0.3, 0.4) is 0 Å². The van der Waals surface area contributed by atoms with Gasteiger partial charge < -0.3 is 11.1 Å². The van der Waals surface area contributed by atoms with Crippen molar-refractivity contribution in [1.82, 2.24) is 0 Å². The molecule has 0 unspecified atom stereocenters. The first-order valence-electron chi connectivity index (χ1n) is 5.87. The molecule has 0 atom stereocenters. The van der Waals surface area contributed by atoms with Crippen molar-refractivity contribution in [3.05, 3.63) is 53.1 Å². The summed E-state index contributed by atoms with van der Waals surface area (Å²) in [4.78, 5) is 12.5. The number of rotatable bonds is 4. The molecule has 21 heavy (non-hydrogen) atoms. The number of nitrogens with two attached hydrogens (primary N) is 1. The number of anilines is 2. The van der Waals surface area contributed by atoms with E-state index in [1.807, 2.05) is 0 Å². The Bertz CT molecular complexity index is 650. The van der Waals surface area contributed by atoms with Gasteiger partial charge in [0.1, 0.15) is 0 Å². The van der Waals surface area contributed by atoms with E-state index in [4.69, 9.17) is 17.3 Å². The molecular weight excluding hydrogens is 318 g/mol. The third kappa shape index (κ3) is 4.34. The van der Waals surface area contributed by atoms with E-state index in [2.05, 4.69) is 5.32 Å². The number of carbonyl (C=O) groups excluding carboxylic acids is 1. The van der Waals surface area contributed by atoms with E-state index < -0.39 is 11.7 Å². The predicted molar refractivity (Wildman–Crippen MR) is 82.1 cm³/mol. The van der Waals surface area contributed by atoms with Gasteiger partial charge in [0.15, 0.2) is 0 Å². The summed E-state index contributed by atoms with van der Waals surface area (Å²) in [5, 5.41) is 3.08. The predicted octanol–water partition coefficient (Wildman–Crippen LogP) is 4.49. The minimum absolute atomic E-state index is 0.268. The second-order valence-corrected chi connectivity index (χ2v) is 5.59. The fourth-order valence-electron chi connectivity index (χ4n) is 1.66. The Morgan fingerprint density at radius 1 is 1.19 bits per heavy atom. The molecule has 0 aromatic heterocycles. The maximum atomic E-state index is 12.2. The lowest BCUT2D eigenvalue weighted by Gasteiger charge is -2.08. The molecule has 2 aromatic carbocycles. The number of alkyl halides is 2. The fourth-order valence-corrected chi connectivity index (χ4v) is 2.34. The standard InChI is InChI=1S/C14H11ClF2N2OS/c15-8-1-6-11(12(18)7-8)13(20)19-9-2-4-10(5-3-9)21-14(16)17/h1-7,14H,18H2,(H,19,20). The maximum Gasteiger partial charge on any atom is 0.288 e. The van der Waals surface area contributed by atoms with E-state index in [1.54, 1.807) is 18.2 Å². The Morgan fingerprint density at radius 2 is 1.86 bits per heavy atom. The van der Waals surface area contributed by atoms with Gasteiger partial charge in [0.2, 0.25) is 0 Å². The summed E-state index contributed by atoms with van der Waals surface area (Å²) in [6, 6.07) is 10.7. The number of halogens is 3. The van der Waals surface area contributed by atoms with Gasteiger partial charge >= 0.3 is 0 Å². The lowest BCUT2D eigenvalue weighted by atomic mass is 10.1. The Morgan fingerprint density at radius 3 is 2.43 bits per heavy atom. The highest BCUT2D eigenvalue weighted by Crippen LogP contribution is 2.26. The highest BCUT2D eigenvalue weighted by molar-refractivity contribution is 7.99. The Hall–Kier alpha value is -1.79. The number of benzene rings is 2. The summed E-state index contributed by atoms with van der Waals surface area (Å²) in [5.41, 5.74) is 6.78. The van der Waals surface area contributed by atoms with Crippen LogP contribution < -0.4 is 11.1 Å². The molecule has 0 bridgehead atoms. The van der Waals surface area contributed by atoms with Gasteiger partial charge in [-0.15, -0.1) is 0 Å². The van der Waals surface area contributed by atoms with E-state index in [-0.39, 0.29) is 5.69 Å². The minimum atomic E-state index is -2.47. The molecule has 0 aliphatic carbocycles. The van der Waals surface area contributed by atoms with Crippen molar-refractivity contribution in [2.45, 2.75) is 10.7 Å². The van der Waals surface area contributed by atoms with E-state index in [0.717, 1.165) is 0 Å². The van der Waals surface area contributed by atoms with Crippen LogP contribution in [-0.4, -0.2) is 11.7 Å². The van der Waals surface area contributed by atoms with Gasteiger partial charge in [0.25, 0.3) is 11.7 Å². The molecule has 0 aliphatic rings. The van der Waals surface area contributed by atoms with Gasteiger partial charge in [-0.05, 0) is 42.5 Å². The number of nitrogens with one attached hydrogen (secondary N) is 1. The summed E-state index contributed by atoms with van der Waals surface area (Å²) in [7, 11) is 0. The second kappa shape index (κ2) is 6.78. The van der Waals surface area contributed by atoms with Crippen molar-refractivity contribution < 1.29 is 13.6 Å². The van der Waals surface area contributed by atoms with Crippen molar-refractivity contribution in [2.24, 2.45) is 0 Å². The highest BCUT2D eigenvalue weighted by atomic mass is 35.5. The van der Waals surface area contributed by atoms with Crippen molar-refractivity contribution in [3.63, 3.8) is 0 Å². The molecule has 3 nitrogen and oxygen atoms in total. The number of thioether (sulfide) groups is 1. The van der Waals surface area contributed by atoms with Gasteiger partial charge in [-0.3, -0.25) is 4.79 Å². The number of hydrogen-bond acceptors (Lipinski definition) is 3. The maximum absolute atomic E-state index is 12.2. The van der Waals surface area contributed by atoms with Crippen LogP contribution in [-0.2, 0) is 0 Å². The lowest BCUT2D eigenvalue weighted by molar-refractivity contribution is 0.102. The van der Waals surface area contributed by atoms with Crippen molar-refractivity contribution in [3.8, 4) is 0 Å². The number of nitrogen functional groups attached to an aromatic ring is 1.